The molecule has 0 saturated heterocycles. The Labute approximate surface area is 124 Å². The summed E-state index contributed by atoms with van der Waals surface area (Å²) in [4.78, 5) is 4.24. The molecule has 0 saturated carbocycles. The van der Waals surface area contributed by atoms with Gasteiger partial charge in [0.1, 0.15) is 5.69 Å². The Morgan fingerprint density at radius 3 is 3.15 bits per heavy atom. The van der Waals surface area contributed by atoms with Gasteiger partial charge >= 0.3 is 0 Å². The van der Waals surface area contributed by atoms with E-state index in [9.17, 15) is 0 Å². The summed E-state index contributed by atoms with van der Waals surface area (Å²) < 4.78 is 7.62. The molecule has 0 fully saturated rings. The van der Waals surface area contributed by atoms with E-state index in [2.05, 4.69) is 20.6 Å². The number of rotatable bonds is 4. The highest BCUT2D eigenvalue weighted by Gasteiger charge is 2.25. The van der Waals surface area contributed by atoms with Crippen molar-refractivity contribution in [2.24, 2.45) is 7.05 Å². The Bertz CT molecular complexity index is 545. The van der Waals surface area contributed by atoms with E-state index in [-0.39, 0.29) is 12.4 Å². The van der Waals surface area contributed by atoms with Gasteiger partial charge in [-0.15, -0.1) is 17.5 Å². The zero-order valence-electron chi connectivity index (χ0n) is 11.3. The van der Waals surface area contributed by atoms with Crippen LogP contribution < -0.4 is 5.32 Å². The lowest BCUT2D eigenvalue weighted by atomic mass is 10.0. The van der Waals surface area contributed by atoms with Crippen LogP contribution in [0.5, 0.6) is 0 Å². The largest absolute Gasteiger partial charge is 0.374 e. The summed E-state index contributed by atoms with van der Waals surface area (Å²) in [5, 5.41) is 11.6. The number of fused-ring (bicyclic) bond motifs is 1. The van der Waals surface area contributed by atoms with Crippen LogP contribution >= 0.6 is 12.4 Å². The number of nitrogens with zero attached hydrogens (tertiary/aromatic N) is 4. The summed E-state index contributed by atoms with van der Waals surface area (Å²) in [5.74, 6) is 0.299. The van der Waals surface area contributed by atoms with Gasteiger partial charge in [-0.2, -0.15) is 0 Å². The predicted molar refractivity (Wildman–Crippen MR) is 76.6 cm³/mol. The average Bonchev–Trinajstić information content (AvgIpc) is 2.83. The summed E-state index contributed by atoms with van der Waals surface area (Å²) in [5.41, 5.74) is 3.16. The summed E-state index contributed by atoms with van der Waals surface area (Å²) >= 11 is 0. The average molecular weight is 296 g/mol. The molecule has 0 spiro atoms. The molecule has 6 nitrogen and oxygen atoms in total. The summed E-state index contributed by atoms with van der Waals surface area (Å²) in [6.45, 7) is 2.88. The highest BCUT2D eigenvalue weighted by molar-refractivity contribution is 5.85. The molecule has 0 amide bonds. The lowest BCUT2D eigenvalue weighted by Gasteiger charge is -2.23. The minimum atomic E-state index is 0. The van der Waals surface area contributed by atoms with Crippen molar-refractivity contribution in [3.63, 3.8) is 0 Å². The smallest absolute Gasteiger partial charge is 0.100 e. The number of aromatic nitrogens is 4. The topological polar surface area (TPSA) is 64.9 Å². The molecule has 1 N–H and O–H groups in total. The first-order chi connectivity index (χ1) is 9.34. The maximum atomic E-state index is 5.77. The van der Waals surface area contributed by atoms with E-state index in [4.69, 9.17) is 4.74 Å². The molecule has 1 aliphatic rings. The Hall–Kier alpha value is -1.50. The maximum Gasteiger partial charge on any atom is 0.100 e. The third-order valence-electron chi connectivity index (χ3n) is 3.31. The predicted octanol–water partition coefficient (Wildman–Crippen LogP) is 1.04. The summed E-state index contributed by atoms with van der Waals surface area (Å²) in [7, 11) is 1.93. The van der Waals surface area contributed by atoms with Crippen LogP contribution in [0.2, 0.25) is 0 Å². The monoisotopic (exact) mass is 295 g/mol. The summed E-state index contributed by atoms with van der Waals surface area (Å²) in [6.07, 6.45) is 1.78. The molecule has 2 aromatic heterocycles. The minimum absolute atomic E-state index is 0. The molecular weight excluding hydrogens is 278 g/mol. The van der Waals surface area contributed by atoms with E-state index in [1.165, 1.54) is 5.69 Å². The fourth-order valence-corrected chi connectivity index (χ4v) is 2.42. The molecule has 20 heavy (non-hydrogen) atoms. The van der Waals surface area contributed by atoms with Crippen molar-refractivity contribution in [2.45, 2.75) is 19.1 Å². The Balaban J connectivity index is 0.00000147. The number of halogens is 1. The van der Waals surface area contributed by atoms with E-state index >= 15 is 0 Å². The second kappa shape index (κ2) is 6.78. The number of hydrogen-bond acceptors (Lipinski definition) is 5. The van der Waals surface area contributed by atoms with E-state index in [1.54, 1.807) is 6.20 Å². The normalized spacial score (nSPS) is 17.4. The second-order valence-corrected chi connectivity index (χ2v) is 4.71. The van der Waals surface area contributed by atoms with Gasteiger partial charge in [-0.3, -0.25) is 9.67 Å². The standard InChI is InChI=1S/C13H17N5O.ClH/c1-18-13-10(6-14-7-12(13)16-17-18)8-19-9-11-4-2-3-5-15-11;/h2-5,10,14H,6-9H2,1H3;1H. The molecule has 3 heterocycles. The fraction of sp³-hybridized carbons (Fsp3) is 0.462. The van der Waals surface area contributed by atoms with Crippen molar-refractivity contribution < 1.29 is 4.74 Å². The lowest BCUT2D eigenvalue weighted by molar-refractivity contribution is 0.100. The number of hydrogen-bond donors (Lipinski definition) is 1. The van der Waals surface area contributed by atoms with Gasteiger partial charge in [0.2, 0.25) is 0 Å². The van der Waals surface area contributed by atoms with Crippen LogP contribution in [0.15, 0.2) is 24.4 Å². The van der Waals surface area contributed by atoms with Gasteiger partial charge in [0.25, 0.3) is 0 Å². The van der Waals surface area contributed by atoms with Crippen LogP contribution in [-0.4, -0.2) is 33.1 Å². The van der Waals surface area contributed by atoms with Gasteiger partial charge in [-0.1, -0.05) is 11.3 Å². The number of pyridine rings is 1. The fourth-order valence-electron chi connectivity index (χ4n) is 2.42. The van der Waals surface area contributed by atoms with Crippen LogP contribution in [0, 0.1) is 0 Å². The van der Waals surface area contributed by atoms with Crippen LogP contribution in [0.4, 0.5) is 0 Å². The zero-order valence-corrected chi connectivity index (χ0v) is 12.1. The number of ether oxygens (including phenoxy) is 1. The highest BCUT2D eigenvalue weighted by Crippen LogP contribution is 2.21. The molecule has 1 atom stereocenters. The molecular formula is C13H18ClN5O. The highest BCUT2D eigenvalue weighted by atomic mass is 35.5. The van der Waals surface area contributed by atoms with Gasteiger partial charge in [-0.05, 0) is 12.1 Å². The lowest BCUT2D eigenvalue weighted by Crippen LogP contribution is -2.32. The molecule has 0 radical (unpaired) electrons. The Morgan fingerprint density at radius 1 is 1.45 bits per heavy atom. The first-order valence-electron chi connectivity index (χ1n) is 6.41. The molecule has 108 valence electrons. The van der Waals surface area contributed by atoms with Crippen LogP contribution in [0.3, 0.4) is 0 Å². The van der Waals surface area contributed by atoms with Gasteiger partial charge < -0.3 is 10.1 Å². The van der Waals surface area contributed by atoms with E-state index < -0.39 is 0 Å². The molecule has 0 aliphatic carbocycles. The third kappa shape index (κ3) is 3.15. The van der Waals surface area contributed by atoms with Crippen molar-refractivity contribution in [3.8, 4) is 0 Å². The maximum absolute atomic E-state index is 5.77. The molecule has 0 bridgehead atoms. The first-order valence-corrected chi connectivity index (χ1v) is 6.41. The van der Waals surface area contributed by atoms with Crippen molar-refractivity contribution >= 4 is 12.4 Å². The Morgan fingerprint density at radius 2 is 2.35 bits per heavy atom. The van der Waals surface area contributed by atoms with Gasteiger partial charge in [-0.25, -0.2) is 0 Å². The first kappa shape index (κ1) is 14.9. The SMILES string of the molecule is Cl.Cn1nnc2c1C(COCc1ccccn1)CNC2. The van der Waals surface area contributed by atoms with E-state index in [0.29, 0.717) is 19.1 Å². The van der Waals surface area contributed by atoms with Gasteiger partial charge in [0.05, 0.1) is 24.6 Å². The van der Waals surface area contributed by atoms with E-state index in [1.807, 2.05) is 29.9 Å². The van der Waals surface area contributed by atoms with Gasteiger partial charge in [0.15, 0.2) is 0 Å². The van der Waals surface area contributed by atoms with Crippen molar-refractivity contribution in [3.05, 3.63) is 41.5 Å². The van der Waals surface area contributed by atoms with Crippen molar-refractivity contribution in [1.82, 2.24) is 25.3 Å². The molecule has 1 unspecified atom stereocenters. The molecule has 3 rings (SSSR count). The van der Waals surface area contributed by atoms with Crippen LogP contribution in [-0.2, 0) is 24.9 Å². The molecule has 7 heteroatoms. The minimum Gasteiger partial charge on any atom is -0.374 e. The van der Waals surface area contributed by atoms with Crippen LogP contribution in [0.25, 0.3) is 0 Å². The zero-order chi connectivity index (χ0) is 13.1. The quantitative estimate of drug-likeness (QED) is 0.913. The van der Waals surface area contributed by atoms with E-state index in [0.717, 1.165) is 24.5 Å². The van der Waals surface area contributed by atoms with Crippen molar-refractivity contribution in [1.29, 1.82) is 0 Å². The molecule has 0 aromatic carbocycles. The number of nitrogens with one attached hydrogen (secondary N) is 1. The summed E-state index contributed by atoms with van der Waals surface area (Å²) in [6, 6.07) is 5.84. The number of aryl methyl sites for hydroxylation is 1. The molecule has 2 aromatic rings. The van der Waals surface area contributed by atoms with Gasteiger partial charge in [0, 0.05) is 32.3 Å². The molecule has 1 aliphatic heterocycles. The van der Waals surface area contributed by atoms with Crippen molar-refractivity contribution in [2.75, 3.05) is 13.2 Å². The van der Waals surface area contributed by atoms with Crippen LogP contribution in [0.1, 0.15) is 23.0 Å². The third-order valence-corrected chi connectivity index (χ3v) is 3.31. The Kier molecular flexibility index (Phi) is 5.05. The second-order valence-electron chi connectivity index (χ2n) is 4.71.